The van der Waals surface area contributed by atoms with E-state index < -0.39 is 29.4 Å². The molecule has 150 valence electrons. The van der Waals surface area contributed by atoms with Gasteiger partial charge in [0.05, 0.1) is 16.8 Å². The Balaban J connectivity index is 2.06. The van der Waals surface area contributed by atoms with Crippen molar-refractivity contribution < 1.29 is 23.1 Å². The first-order valence-corrected chi connectivity index (χ1v) is 9.59. The molecule has 1 aliphatic rings. The Labute approximate surface area is 165 Å². The number of rotatable bonds is 4. The van der Waals surface area contributed by atoms with Gasteiger partial charge in [-0.25, -0.2) is 8.78 Å². The summed E-state index contributed by atoms with van der Waals surface area (Å²) in [5, 5.41) is 2.87. The lowest BCUT2D eigenvalue weighted by molar-refractivity contribution is -0.135. The van der Waals surface area contributed by atoms with Crippen LogP contribution < -0.4 is 11.1 Å². The lowest BCUT2D eigenvalue weighted by Crippen LogP contribution is -2.42. The number of primary amides is 1. The normalized spacial score (nSPS) is 17.2. The molecule has 0 spiro atoms. The molecule has 2 heterocycles. The van der Waals surface area contributed by atoms with E-state index in [1.165, 1.54) is 35.6 Å². The van der Waals surface area contributed by atoms with E-state index in [2.05, 4.69) is 5.32 Å². The third-order valence-corrected chi connectivity index (χ3v) is 6.05. The maximum atomic E-state index is 13.2. The van der Waals surface area contributed by atoms with Crippen LogP contribution in [0.25, 0.3) is 0 Å². The number of hydrogen-bond acceptors (Lipinski definition) is 4. The molecule has 0 fully saturated rings. The molecule has 1 aromatic carbocycles. The highest BCUT2D eigenvalue weighted by Gasteiger charge is 2.43. The molecule has 0 atom stereocenters. The number of carbonyl (C=O) groups is 2. The summed E-state index contributed by atoms with van der Waals surface area (Å²) >= 11 is 1.19. The second-order valence-electron chi connectivity index (χ2n) is 7.87. The van der Waals surface area contributed by atoms with Crippen LogP contribution >= 0.6 is 11.3 Å². The molecule has 5 nitrogen and oxygen atoms in total. The first-order valence-electron chi connectivity index (χ1n) is 8.77. The molecule has 0 unspecified atom stereocenters. The SMILES string of the molecule is CC1(C)Cc2c(sc(NC(=O)c3ccccc3C(F)F)c2C(N)=O)C(C)(C)O1. The summed E-state index contributed by atoms with van der Waals surface area (Å²) in [7, 11) is 0. The van der Waals surface area contributed by atoms with Gasteiger partial charge in [-0.05, 0) is 39.3 Å². The molecule has 1 aromatic heterocycles. The molecule has 0 saturated carbocycles. The fourth-order valence-corrected chi connectivity index (χ4v) is 4.99. The highest BCUT2D eigenvalue weighted by atomic mass is 32.1. The number of halogens is 2. The van der Waals surface area contributed by atoms with Crippen molar-refractivity contribution in [2.45, 2.75) is 51.7 Å². The maximum Gasteiger partial charge on any atom is 0.264 e. The number of anilines is 1. The molecule has 3 N–H and O–H groups in total. The summed E-state index contributed by atoms with van der Waals surface area (Å²) in [4.78, 5) is 25.7. The van der Waals surface area contributed by atoms with Crippen LogP contribution in [0.4, 0.5) is 13.8 Å². The zero-order valence-electron chi connectivity index (χ0n) is 16.1. The lowest BCUT2D eigenvalue weighted by atomic mass is 9.86. The number of amides is 2. The molecule has 1 aliphatic heterocycles. The summed E-state index contributed by atoms with van der Waals surface area (Å²) in [5.74, 6) is -1.39. The van der Waals surface area contributed by atoms with Gasteiger partial charge in [0.15, 0.2) is 0 Å². The first kappa shape index (κ1) is 20.4. The van der Waals surface area contributed by atoms with Gasteiger partial charge in [0.1, 0.15) is 5.00 Å². The molecular weight excluding hydrogens is 386 g/mol. The van der Waals surface area contributed by atoms with Crippen LogP contribution in [-0.4, -0.2) is 17.4 Å². The number of fused-ring (bicyclic) bond motifs is 1. The van der Waals surface area contributed by atoms with E-state index in [-0.39, 0.29) is 21.7 Å². The highest BCUT2D eigenvalue weighted by molar-refractivity contribution is 7.17. The van der Waals surface area contributed by atoms with E-state index in [9.17, 15) is 18.4 Å². The lowest BCUT2D eigenvalue weighted by Gasteiger charge is -2.41. The Kier molecular flexibility index (Phi) is 5.05. The number of nitrogens with two attached hydrogens (primary N) is 1. The monoisotopic (exact) mass is 408 g/mol. The Morgan fingerprint density at radius 1 is 1.21 bits per heavy atom. The third-order valence-electron chi connectivity index (χ3n) is 4.60. The highest BCUT2D eigenvalue weighted by Crippen LogP contribution is 2.48. The van der Waals surface area contributed by atoms with Crippen LogP contribution in [0, 0.1) is 0 Å². The van der Waals surface area contributed by atoms with Crippen molar-refractivity contribution in [2.24, 2.45) is 5.73 Å². The van der Waals surface area contributed by atoms with E-state index in [0.29, 0.717) is 6.42 Å². The minimum atomic E-state index is -2.79. The Morgan fingerprint density at radius 3 is 2.46 bits per heavy atom. The predicted octanol–water partition coefficient (Wildman–Crippen LogP) is 4.62. The standard InChI is InChI=1S/C20H22F2N2O3S/c1-19(2)9-12-13(16(23)25)18(28-14(12)20(3,4)27-19)24-17(26)11-8-6-5-7-10(11)15(21)22/h5-8,15H,9H2,1-4H3,(H2,23,25)(H,24,26). The summed E-state index contributed by atoms with van der Waals surface area (Å²) < 4.78 is 32.6. The van der Waals surface area contributed by atoms with Crippen LogP contribution in [0.15, 0.2) is 24.3 Å². The van der Waals surface area contributed by atoms with E-state index in [4.69, 9.17) is 10.5 Å². The minimum absolute atomic E-state index is 0.143. The zero-order valence-corrected chi connectivity index (χ0v) is 16.9. The fourth-order valence-electron chi connectivity index (χ4n) is 3.73. The number of ether oxygens (including phenoxy) is 1. The Hall–Kier alpha value is -2.32. The maximum absolute atomic E-state index is 13.2. The second kappa shape index (κ2) is 6.93. The number of nitrogens with one attached hydrogen (secondary N) is 1. The van der Waals surface area contributed by atoms with Gasteiger partial charge in [0, 0.05) is 22.4 Å². The van der Waals surface area contributed by atoms with E-state index in [1.807, 2.05) is 27.7 Å². The van der Waals surface area contributed by atoms with Crippen molar-refractivity contribution in [2.75, 3.05) is 5.32 Å². The molecule has 2 amide bonds. The van der Waals surface area contributed by atoms with Gasteiger partial charge in [0.2, 0.25) is 0 Å². The number of thiophene rings is 1. The quantitative estimate of drug-likeness (QED) is 0.774. The summed E-state index contributed by atoms with van der Waals surface area (Å²) in [6.45, 7) is 7.59. The molecule has 0 bridgehead atoms. The molecule has 2 aromatic rings. The number of benzene rings is 1. The van der Waals surface area contributed by atoms with E-state index >= 15 is 0 Å². The van der Waals surface area contributed by atoms with Crippen LogP contribution in [0.1, 0.15) is 70.8 Å². The van der Waals surface area contributed by atoms with Gasteiger partial charge in [-0.3, -0.25) is 9.59 Å². The van der Waals surface area contributed by atoms with Crippen molar-refractivity contribution >= 4 is 28.2 Å². The van der Waals surface area contributed by atoms with Crippen LogP contribution in [0.2, 0.25) is 0 Å². The van der Waals surface area contributed by atoms with Gasteiger partial charge in [-0.1, -0.05) is 18.2 Å². The fraction of sp³-hybridized carbons (Fsp3) is 0.400. The summed E-state index contributed by atoms with van der Waals surface area (Å²) in [6.07, 6.45) is -2.34. The molecule has 0 radical (unpaired) electrons. The van der Waals surface area contributed by atoms with Gasteiger partial charge >= 0.3 is 0 Å². The largest absolute Gasteiger partial charge is 0.365 e. The van der Waals surface area contributed by atoms with Gasteiger partial charge < -0.3 is 15.8 Å². The second-order valence-corrected chi connectivity index (χ2v) is 8.89. The topological polar surface area (TPSA) is 81.4 Å². The smallest absolute Gasteiger partial charge is 0.264 e. The van der Waals surface area contributed by atoms with Gasteiger partial charge in [-0.2, -0.15) is 0 Å². The predicted molar refractivity (Wildman–Crippen MR) is 104 cm³/mol. The number of carbonyl (C=O) groups excluding carboxylic acids is 2. The van der Waals surface area contributed by atoms with Gasteiger partial charge in [-0.15, -0.1) is 11.3 Å². The van der Waals surface area contributed by atoms with E-state index in [1.54, 1.807) is 0 Å². The van der Waals surface area contributed by atoms with Crippen LogP contribution in [-0.2, 0) is 16.8 Å². The molecule has 0 aliphatic carbocycles. The number of alkyl halides is 2. The van der Waals surface area contributed by atoms with Gasteiger partial charge in [0.25, 0.3) is 18.2 Å². The first-order chi connectivity index (χ1) is 12.9. The summed E-state index contributed by atoms with van der Waals surface area (Å²) in [6, 6.07) is 5.48. The zero-order chi connectivity index (χ0) is 20.9. The molecule has 0 saturated heterocycles. The average molecular weight is 408 g/mol. The molecule has 8 heteroatoms. The van der Waals surface area contributed by atoms with Crippen LogP contribution in [0.3, 0.4) is 0 Å². The third kappa shape index (κ3) is 3.66. The Morgan fingerprint density at radius 2 is 1.86 bits per heavy atom. The van der Waals surface area contributed by atoms with Crippen molar-refractivity contribution in [3.05, 3.63) is 51.4 Å². The minimum Gasteiger partial charge on any atom is -0.365 e. The summed E-state index contributed by atoms with van der Waals surface area (Å²) in [5.41, 5.74) is 4.84. The van der Waals surface area contributed by atoms with Crippen molar-refractivity contribution in [3.8, 4) is 0 Å². The van der Waals surface area contributed by atoms with Crippen molar-refractivity contribution in [1.82, 2.24) is 0 Å². The molecule has 3 rings (SSSR count). The van der Waals surface area contributed by atoms with Crippen LogP contribution in [0.5, 0.6) is 0 Å². The average Bonchev–Trinajstić information content (AvgIpc) is 2.91. The van der Waals surface area contributed by atoms with Crippen molar-refractivity contribution in [1.29, 1.82) is 0 Å². The number of hydrogen-bond donors (Lipinski definition) is 2. The van der Waals surface area contributed by atoms with Crippen molar-refractivity contribution in [3.63, 3.8) is 0 Å². The molecular formula is C20H22F2N2O3S. The van der Waals surface area contributed by atoms with E-state index in [0.717, 1.165) is 10.4 Å². The molecule has 28 heavy (non-hydrogen) atoms. The Bertz CT molecular complexity index is 951.